The summed E-state index contributed by atoms with van der Waals surface area (Å²) in [7, 11) is 0. The summed E-state index contributed by atoms with van der Waals surface area (Å²) in [6.07, 6.45) is 7.11. The number of hydrogen-bond donors (Lipinski definition) is 2. The summed E-state index contributed by atoms with van der Waals surface area (Å²) >= 11 is 0. The minimum atomic E-state index is -0.293. The van der Waals surface area contributed by atoms with Crippen molar-refractivity contribution in [2.75, 3.05) is 18.4 Å². The van der Waals surface area contributed by atoms with Gasteiger partial charge in [-0.05, 0) is 38.5 Å². The number of aliphatic hydroxyl groups excluding tert-OH is 1. The zero-order chi connectivity index (χ0) is 14.8. The average Bonchev–Trinajstić information content (AvgIpc) is 3.33. The first-order valence-corrected chi connectivity index (χ1v) is 7.69. The second kappa shape index (κ2) is 5.97. The molecule has 2 amide bonds. The summed E-state index contributed by atoms with van der Waals surface area (Å²) in [4.78, 5) is 22.6. The highest BCUT2D eigenvalue weighted by molar-refractivity contribution is 5.89. The fourth-order valence-corrected chi connectivity index (χ4v) is 2.74. The number of nitrogens with one attached hydrogen (secondary N) is 1. The molecular formula is C15H22N4O2. The van der Waals surface area contributed by atoms with E-state index < -0.39 is 0 Å². The topological polar surface area (TPSA) is 78.4 Å². The fourth-order valence-electron chi connectivity index (χ4n) is 2.74. The van der Waals surface area contributed by atoms with E-state index in [1.54, 1.807) is 17.3 Å². The number of hydrogen-bond acceptors (Lipinski definition) is 4. The molecule has 2 N–H and O–H groups in total. The first-order chi connectivity index (χ1) is 10.1. The summed E-state index contributed by atoms with van der Waals surface area (Å²) < 4.78 is 0. The van der Waals surface area contributed by atoms with Gasteiger partial charge in [-0.3, -0.25) is 0 Å². The first kappa shape index (κ1) is 14.3. The molecule has 21 heavy (non-hydrogen) atoms. The lowest BCUT2D eigenvalue weighted by Crippen LogP contribution is -2.42. The molecule has 6 nitrogen and oxygen atoms in total. The number of rotatable bonds is 3. The van der Waals surface area contributed by atoms with Gasteiger partial charge in [-0.1, -0.05) is 0 Å². The number of amides is 2. The standard InChI is InChI=1S/C15H22N4O2/c1-10(20)11-4-6-19(7-5-11)15(21)18-13-8-16-14(17-9-13)12-2-3-12/h8-12,20H,2-7H2,1H3,(H,18,21). The van der Waals surface area contributed by atoms with Crippen molar-refractivity contribution in [2.24, 2.45) is 5.92 Å². The van der Waals surface area contributed by atoms with Crippen LogP contribution in [0, 0.1) is 5.92 Å². The van der Waals surface area contributed by atoms with Crippen molar-refractivity contribution in [3.63, 3.8) is 0 Å². The highest BCUT2D eigenvalue weighted by Gasteiger charge is 2.27. The third-order valence-electron chi connectivity index (χ3n) is 4.37. The second-order valence-electron chi connectivity index (χ2n) is 6.10. The molecule has 2 heterocycles. The predicted octanol–water partition coefficient (Wildman–Crippen LogP) is 1.98. The van der Waals surface area contributed by atoms with E-state index in [9.17, 15) is 9.90 Å². The molecular weight excluding hydrogens is 268 g/mol. The maximum Gasteiger partial charge on any atom is 0.321 e. The molecule has 1 aliphatic heterocycles. The zero-order valence-corrected chi connectivity index (χ0v) is 12.3. The highest BCUT2D eigenvalue weighted by Crippen LogP contribution is 2.37. The van der Waals surface area contributed by atoms with Crippen LogP contribution >= 0.6 is 0 Å². The fraction of sp³-hybridized carbons (Fsp3) is 0.667. The van der Waals surface area contributed by atoms with Gasteiger partial charge in [0, 0.05) is 19.0 Å². The van der Waals surface area contributed by atoms with Crippen molar-refractivity contribution in [1.29, 1.82) is 0 Å². The quantitative estimate of drug-likeness (QED) is 0.892. The van der Waals surface area contributed by atoms with Crippen molar-refractivity contribution < 1.29 is 9.90 Å². The number of urea groups is 1. The molecule has 1 aromatic heterocycles. The van der Waals surface area contributed by atoms with Crippen LogP contribution < -0.4 is 5.32 Å². The van der Waals surface area contributed by atoms with E-state index in [2.05, 4.69) is 15.3 Å². The molecule has 1 saturated heterocycles. The van der Waals surface area contributed by atoms with E-state index in [1.807, 2.05) is 6.92 Å². The van der Waals surface area contributed by atoms with Crippen molar-refractivity contribution in [3.05, 3.63) is 18.2 Å². The molecule has 1 unspecified atom stereocenters. The van der Waals surface area contributed by atoms with Crippen LogP contribution in [0.1, 0.15) is 44.3 Å². The number of anilines is 1. The molecule has 1 saturated carbocycles. The summed E-state index contributed by atoms with van der Waals surface area (Å²) in [5.74, 6) is 1.70. The molecule has 3 rings (SSSR count). The van der Waals surface area contributed by atoms with Crippen LogP contribution in [0.15, 0.2) is 12.4 Å². The van der Waals surface area contributed by atoms with Gasteiger partial charge in [-0.25, -0.2) is 14.8 Å². The molecule has 2 aliphatic rings. The third kappa shape index (κ3) is 3.50. The van der Waals surface area contributed by atoms with Crippen LogP contribution in [0.2, 0.25) is 0 Å². The predicted molar refractivity (Wildman–Crippen MR) is 79.0 cm³/mol. The Bertz CT molecular complexity index is 491. The van der Waals surface area contributed by atoms with Gasteiger partial charge in [-0.15, -0.1) is 0 Å². The van der Waals surface area contributed by atoms with Gasteiger partial charge in [-0.2, -0.15) is 0 Å². The molecule has 6 heteroatoms. The normalized spacial score (nSPS) is 21.1. The number of aliphatic hydroxyl groups is 1. The van der Waals surface area contributed by atoms with Crippen LogP contribution in [0.4, 0.5) is 10.5 Å². The number of carbonyl (C=O) groups is 1. The molecule has 0 bridgehead atoms. The Kier molecular flexibility index (Phi) is 4.05. The highest BCUT2D eigenvalue weighted by atomic mass is 16.3. The molecule has 0 spiro atoms. The van der Waals surface area contributed by atoms with E-state index in [1.165, 1.54) is 12.8 Å². The monoisotopic (exact) mass is 290 g/mol. The van der Waals surface area contributed by atoms with Crippen molar-refractivity contribution >= 4 is 11.7 Å². The van der Waals surface area contributed by atoms with E-state index in [0.717, 1.165) is 18.7 Å². The third-order valence-corrected chi connectivity index (χ3v) is 4.37. The molecule has 1 aromatic rings. The van der Waals surface area contributed by atoms with Crippen LogP contribution in [0.25, 0.3) is 0 Å². The molecule has 2 fully saturated rings. The Morgan fingerprint density at radius 1 is 1.29 bits per heavy atom. The van der Waals surface area contributed by atoms with Crippen LogP contribution in [0.3, 0.4) is 0 Å². The van der Waals surface area contributed by atoms with Crippen LogP contribution in [-0.4, -0.2) is 45.2 Å². The lowest BCUT2D eigenvalue weighted by molar-refractivity contribution is 0.0820. The molecule has 1 aliphatic carbocycles. The Morgan fingerprint density at radius 2 is 1.90 bits per heavy atom. The second-order valence-corrected chi connectivity index (χ2v) is 6.10. The van der Waals surface area contributed by atoms with Crippen molar-refractivity contribution in [1.82, 2.24) is 14.9 Å². The number of carbonyl (C=O) groups excluding carboxylic acids is 1. The van der Waals surface area contributed by atoms with Gasteiger partial charge in [0.25, 0.3) is 0 Å². The molecule has 114 valence electrons. The maximum atomic E-state index is 12.2. The Hall–Kier alpha value is -1.69. The number of likely N-dealkylation sites (tertiary alicyclic amines) is 1. The van der Waals surface area contributed by atoms with E-state index in [0.29, 0.717) is 30.6 Å². The minimum Gasteiger partial charge on any atom is -0.393 e. The summed E-state index contributed by atoms with van der Waals surface area (Å²) in [5.41, 5.74) is 0.641. The smallest absolute Gasteiger partial charge is 0.321 e. The van der Waals surface area contributed by atoms with Gasteiger partial charge in [0.05, 0.1) is 24.2 Å². The number of aromatic nitrogens is 2. The van der Waals surface area contributed by atoms with Crippen molar-refractivity contribution in [2.45, 2.75) is 44.6 Å². The number of nitrogens with zero attached hydrogens (tertiary/aromatic N) is 3. The van der Waals surface area contributed by atoms with Gasteiger partial charge < -0.3 is 15.3 Å². The Balaban J connectivity index is 1.51. The Labute approximate surface area is 124 Å². The number of piperidine rings is 1. The lowest BCUT2D eigenvalue weighted by Gasteiger charge is -2.33. The molecule has 0 radical (unpaired) electrons. The van der Waals surface area contributed by atoms with Gasteiger partial charge in [0.15, 0.2) is 0 Å². The Morgan fingerprint density at radius 3 is 2.43 bits per heavy atom. The summed E-state index contributed by atoms with van der Waals surface area (Å²) in [5, 5.41) is 12.4. The zero-order valence-electron chi connectivity index (χ0n) is 12.3. The molecule has 0 aromatic carbocycles. The lowest BCUT2D eigenvalue weighted by atomic mass is 9.92. The van der Waals surface area contributed by atoms with Gasteiger partial charge in [0.2, 0.25) is 0 Å². The van der Waals surface area contributed by atoms with Crippen LogP contribution in [-0.2, 0) is 0 Å². The van der Waals surface area contributed by atoms with E-state index in [4.69, 9.17) is 0 Å². The largest absolute Gasteiger partial charge is 0.393 e. The average molecular weight is 290 g/mol. The van der Waals surface area contributed by atoms with E-state index >= 15 is 0 Å². The maximum absolute atomic E-state index is 12.2. The van der Waals surface area contributed by atoms with Crippen molar-refractivity contribution in [3.8, 4) is 0 Å². The summed E-state index contributed by atoms with van der Waals surface area (Å²) in [6.45, 7) is 3.18. The van der Waals surface area contributed by atoms with Crippen LogP contribution in [0.5, 0.6) is 0 Å². The summed E-state index contributed by atoms with van der Waals surface area (Å²) in [6, 6.07) is -0.109. The van der Waals surface area contributed by atoms with E-state index in [-0.39, 0.29) is 12.1 Å². The minimum absolute atomic E-state index is 0.109. The first-order valence-electron chi connectivity index (χ1n) is 7.69. The molecule has 1 atom stereocenters. The SMILES string of the molecule is CC(O)C1CCN(C(=O)Nc2cnc(C3CC3)nc2)CC1. The van der Waals surface area contributed by atoms with Gasteiger partial charge >= 0.3 is 6.03 Å². The van der Waals surface area contributed by atoms with Gasteiger partial charge in [0.1, 0.15) is 5.82 Å².